The number of hydrogen-bond donors (Lipinski definition) is 0. The molecular formula is C12H25N. The highest BCUT2D eigenvalue weighted by atomic mass is 15.1. The van der Waals surface area contributed by atoms with Gasteiger partial charge in [0.2, 0.25) is 0 Å². The zero-order valence-corrected chi connectivity index (χ0v) is 9.39. The number of hydrogen-bond acceptors (Lipinski definition) is 1. The lowest BCUT2D eigenvalue weighted by Crippen LogP contribution is -2.21. The Morgan fingerprint density at radius 1 is 1.15 bits per heavy atom. The smallest absolute Gasteiger partial charge is 0.000750 e. The topological polar surface area (TPSA) is 3.24 Å². The highest BCUT2D eigenvalue weighted by Crippen LogP contribution is 2.15. The van der Waals surface area contributed by atoms with Crippen LogP contribution in [0.4, 0.5) is 0 Å². The fourth-order valence-corrected chi connectivity index (χ4v) is 2.17. The van der Waals surface area contributed by atoms with Crippen molar-refractivity contribution in [3.63, 3.8) is 0 Å². The second kappa shape index (κ2) is 6.42. The Hall–Kier alpha value is -0.0400. The van der Waals surface area contributed by atoms with Gasteiger partial charge in [0, 0.05) is 6.54 Å². The largest absolute Gasteiger partial charge is 0.303 e. The number of nitrogens with zero attached hydrogens (tertiary/aromatic N) is 1. The van der Waals surface area contributed by atoms with E-state index in [9.17, 15) is 0 Å². The van der Waals surface area contributed by atoms with Gasteiger partial charge in [0.1, 0.15) is 0 Å². The van der Waals surface area contributed by atoms with Gasteiger partial charge < -0.3 is 4.90 Å². The van der Waals surface area contributed by atoms with Gasteiger partial charge in [-0.3, -0.25) is 0 Å². The van der Waals surface area contributed by atoms with Crippen molar-refractivity contribution in [2.45, 2.75) is 52.4 Å². The molecule has 1 aliphatic heterocycles. The molecule has 1 atom stereocenters. The van der Waals surface area contributed by atoms with Crippen LogP contribution >= 0.6 is 0 Å². The van der Waals surface area contributed by atoms with E-state index >= 15 is 0 Å². The first kappa shape index (κ1) is 11.0. The van der Waals surface area contributed by atoms with Gasteiger partial charge in [-0.05, 0) is 31.8 Å². The van der Waals surface area contributed by atoms with Crippen LogP contribution in [0.25, 0.3) is 0 Å². The van der Waals surface area contributed by atoms with Gasteiger partial charge in [0.25, 0.3) is 0 Å². The molecule has 0 aliphatic carbocycles. The lowest BCUT2D eigenvalue weighted by Gasteiger charge is -2.14. The van der Waals surface area contributed by atoms with E-state index < -0.39 is 0 Å². The van der Waals surface area contributed by atoms with Gasteiger partial charge in [-0.15, -0.1) is 0 Å². The summed E-state index contributed by atoms with van der Waals surface area (Å²) in [4.78, 5) is 2.64. The molecule has 0 bridgehead atoms. The van der Waals surface area contributed by atoms with E-state index in [1.165, 1.54) is 58.2 Å². The van der Waals surface area contributed by atoms with Crippen LogP contribution in [-0.4, -0.2) is 24.5 Å². The molecule has 1 fully saturated rings. The maximum atomic E-state index is 2.64. The lowest BCUT2D eigenvalue weighted by atomic mass is 10.1. The molecule has 1 saturated heterocycles. The molecule has 78 valence electrons. The average Bonchev–Trinajstić information content (AvgIpc) is 2.51. The minimum atomic E-state index is 0.954. The minimum absolute atomic E-state index is 0.954. The van der Waals surface area contributed by atoms with Crippen molar-refractivity contribution in [1.29, 1.82) is 0 Å². The molecule has 1 unspecified atom stereocenters. The summed E-state index contributed by atoms with van der Waals surface area (Å²) in [5.41, 5.74) is 0. The van der Waals surface area contributed by atoms with Crippen LogP contribution < -0.4 is 0 Å². The van der Waals surface area contributed by atoms with Crippen LogP contribution in [0.5, 0.6) is 0 Å². The molecule has 0 aromatic rings. The molecule has 0 aromatic carbocycles. The van der Waals surface area contributed by atoms with Crippen molar-refractivity contribution < 1.29 is 0 Å². The quantitative estimate of drug-likeness (QED) is 0.571. The molecule has 0 aromatic heterocycles. The van der Waals surface area contributed by atoms with Crippen molar-refractivity contribution >= 4 is 0 Å². The normalized spacial score (nSPS) is 24.0. The summed E-state index contributed by atoms with van der Waals surface area (Å²) >= 11 is 0. The summed E-state index contributed by atoms with van der Waals surface area (Å²) in [6.07, 6.45) is 8.53. The molecular weight excluding hydrogens is 158 g/mol. The molecule has 1 heterocycles. The predicted molar refractivity (Wildman–Crippen MR) is 59.0 cm³/mol. The van der Waals surface area contributed by atoms with Crippen LogP contribution in [0.1, 0.15) is 52.4 Å². The van der Waals surface area contributed by atoms with Crippen LogP contribution in [0.2, 0.25) is 0 Å². The number of likely N-dealkylation sites (tertiary alicyclic amines) is 1. The van der Waals surface area contributed by atoms with E-state index in [2.05, 4.69) is 18.7 Å². The number of rotatable bonds is 6. The first-order chi connectivity index (χ1) is 6.33. The Bertz CT molecular complexity index is 122. The molecule has 13 heavy (non-hydrogen) atoms. The van der Waals surface area contributed by atoms with E-state index in [1.54, 1.807) is 0 Å². The van der Waals surface area contributed by atoms with Gasteiger partial charge in [-0.25, -0.2) is 0 Å². The zero-order chi connectivity index (χ0) is 9.52. The molecule has 1 nitrogen and oxygen atoms in total. The maximum absolute atomic E-state index is 2.64. The monoisotopic (exact) mass is 183 g/mol. The standard InChI is InChI=1S/C12H25N/c1-3-4-5-6-7-9-13-10-8-12(2)11-13/h12H,3-11H2,1-2H3. The van der Waals surface area contributed by atoms with E-state index in [1.807, 2.05) is 0 Å². The predicted octanol–water partition coefficient (Wildman–Crippen LogP) is 3.30. The third-order valence-electron chi connectivity index (χ3n) is 3.09. The molecule has 1 rings (SSSR count). The fourth-order valence-electron chi connectivity index (χ4n) is 2.17. The zero-order valence-electron chi connectivity index (χ0n) is 9.39. The molecule has 1 heteroatoms. The minimum Gasteiger partial charge on any atom is -0.303 e. The van der Waals surface area contributed by atoms with E-state index in [-0.39, 0.29) is 0 Å². The molecule has 0 N–H and O–H groups in total. The molecule has 0 spiro atoms. The second-order valence-electron chi connectivity index (χ2n) is 4.61. The lowest BCUT2D eigenvalue weighted by molar-refractivity contribution is 0.318. The Morgan fingerprint density at radius 2 is 1.92 bits per heavy atom. The summed E-state index contributed by atoms with van der Waals surface area (Å²) in [6, 6.07) is 0. The first-order valence-corrected chi connectivity index (χ1v) is 6.05. The Morgan fingerprint density at radius 3 is 2.54 bits per heavy atom. The highest BCUT2D eigenvalue weighted by Gasteiger charge is 2.17. The van der Waals surface area contributed by atoms with Crippen LogP contribution in [0, 0.1) is 5.92 Å². The van der Waals surface area contributed by atoms with Crippen molar-refractivity contribution in [1.82, 2.24) is 4.90 Å². The van der Waals surface area contributed by atoms with Gasteiger partial charge in [-0.2, -0.15) is 0 Å². The third kappa shape index (κ3) is 4.66. The van der Waals surface area contributed by atoms with Crippen LogP contribution in [0.15, 0.2) is 0 Å². The van der Waals surface area contributed by atoms with Gasteiger partial charge in [-0.1, -0.05) is 39.5 Å². The molecule has 0 amide bonds. The van der Waals surface area contributed by atoms with Gasteiger partial charge in [0.05, 0.1) is 0 Å². The maximum Gasteiger partial charge on any atom is 0.000750 e. The summed E-state index contributed by atoms with van der Waals surface area (Å²) in [6.45, 7) is 8.72. The Labute approximate surface area is 83.5 Å². The van der Waals surface area contributed by atoms with E-state index in [4.69, 9.17) is 0 Å². The average molecular weight is 183 g/mol. The highest BCUT2D eigenvalue weighted by molar-refractivity contribution is 4.71. The van der Waals surface area contributed by atoms with Gasteiger partial charge in [0.15, 0.2) is 0 Å². The summed E-state index contributed by atoms with van der Waals surface area (Å²) in [5, 5.41) is 0. The van der Waals surface area contributed by atoms with Crippen molar-refractivity contribution in [3.05, 3.63) is 0 Å². The Kier molecular flexibility index (Phi) is 5.45. The second-order valence-corrected chi connectivity index (χ2v) is 4.61. The van der Waals surface area contributed by atoms with E-state index in [0.717, 1.165) is 5.92 Å². The Balaban J connectivity index is 1.88. The molecule has 1 aliphatic rings. The molecule has 0 radical (unpaired) electrons. The van der Waals surface area contributed by atoms with Crippen molar-refractivity contribution in [2.75, 3.05) is 19.6 Å². The summed E-state index contributed by atoms with van der Waals surface area (Å²) < 4.78 is 0. The summed E-state index contributed by atoms with van der Waals surface area (Å²) in [7, 11) is 0. The van der Waals surface area contributed by atoms with Crippen molar-refractivity contribution in [3.8, 4) is 0 Å². The SMILES string of the molecule is CCCCCCCN1CCC(C)C1. The van der Waals surface area contributed by atoms with Crippen LogP contribution in [0.3, 0.4) is 0 Å². The van der Waals surface area contributed by atoms with Crippen molar-refractivity contribution in [2.24, 2.45) is 5.92 Å². The number of unbranched alkanes of at least 4 members (excludes halogenated alkanes) is 4. The summed E-state index contributed by atoms with van der Waals surface area (Å²) in [5.74, 6) is 0.954. The third-order valence-corrected chi connectivity index (χ3v) is 3.09. The van der Waals surface area contributed by atoms with E-state index in [0.29, 0.717) is 0 Å². The molecule has 0 saturated carbocycles. The van der Waals surface area contributed by atoms with Gasteiger partial charge >= 0.3 is 0 Å². The first-order valence-electron chi connectivity index (χ1n) is 6.05. The fraction of sp³-hybridized carbons (Fsp3) is 1.00. The van der Waals surface area contributed by atoms with Crippen LogP contribution in [-0.2, 0) is 0 Å².